The molecule has 0 N–H and O–H groups in total. The molecular formula is C18H17F3N2O5. The number of benzene rings is 2. The van der Waals surface area contributed by atoms with E-state index in [1.165, 1.54) is 7.05 Å². The Labute approximate surface area is 158 Å². The van der Waals surface area contributed by atoms with Gasteiger partial charge >= 0.3 is 6.09 Å². The summed E-state index contributed by atoms with van der Waals surface area (Å²) in [6.45, 7) is -1.45. The van der Waals surface area contributed by atoms with Crippen LogP contribution in [0.4, 0.5) is 23.7 Å². The third-order valence-electron chi connectivity index (χ3n) is 3.59. The number of nitro benzene ring substituents is 1. The van der Waals surface area contributed by atoms with E-state index in [4.69, 9.17) is 9.47 Å². The number of alkyl halides is 2. The number of hydrogen-bond donors (Lipinski definition) is 0. The van der Waals surface area contributed by atoms with Crippen molar-refractivity contribution in [1.82, 2.24) is 4.90 Å². The smallest absolute Gasteiger partial charge is 0.410 e. The first-order valence-corrected chi connectivity index (χ1v) is 8.07. The molecule has 0 aliphatic rings. The Balaban J connectivity index is 2.14. The van der Waals surface area contributed by atoms with Crippen LogP contribution < -0.4 is 4.74 Å². The van der Waals surface area contributed by atoms with E-state index in [-0.39, 0.29) is 18.7 Å². The summed E-state index contributed by atoms with van der Waals surface area (Å²) in [4.78, 5) is 23.2. The number of rotatable bonds is 8. The monoisotopic (exact) mass is 398 g/mol. The highest BCUT2D eigenvalue weighted by Gasteiger charge is 2.22. The summed E-state index contributed by atoms with van der Waals surface area (Å²) in [7, 11) is 1.32. The largest absolute Gasteiger partial charge is 0.484 e. The van der Waals surface area contributed by atoms with E-state index in [0.29, 0.717) is 6.07 Å². The van der Waals surface area contributed by atoms with Crippen molar-refractivity contribution in [2.45, 2.75) is 19.6 Å². The molecule has 0 aliphatic heterocycles. The van der Waals surface area contributed by atoms with Crippen molar-refractivity contribution >= 4 is 11.8 Å². The van der Waals surface area contributed by atoms with Crippen LogP contribution in [0.15, 0.2) is 42.5 Å². The zero-order valence-corrected chi connectivity index (χ0v) is 14.8. The van der Waals surface area contributed by atoms with Crippen LogP contribution in [0, 0.1) is 15.9 Å². The van der Waals surface area contributed by atoms with Gasteiger partial charge in [0.1, 0.15) is 13.2 Å². The van der Waals surface area contributed by atoms with Gasteiger partial charge in [-0.15, -0.1) is 0 Å². The molecule has 0 radical (unpaired) electrons. The van der Waals surface area contributed by atoms with Crippen LogP contribution in [-0.4, -0.2) is 36.0 Å². The molecule has 2 aromatic carbocycles. The minimum absolute atomic E-state index is 0.0119. The molecular weight excluding hydrogens is 381 g/mol. The highest BCUT2D eigenvalue weighted by atomic mass is 19.3. The van der Waals surface area contributed by atoms with Crippen LogP contribution in [0.5, 0.6) is 5.75 Å². The quantitative estimate of drug-likeness (QED) is 0.493. The number of ether oxygens (including phenoxy) is 2. The fourth-order valence-electron chi connectivity index (χ4n) is 2.31. The van der Waals surface area contributed by atoms with Gasteiger partial charge < -0.3 is 14.4 Å². The summed E-state index contributed by atoms with van der Waals surface area (Å²) < 4.78 is 48.8. The lowest BCUT2D eigenvalue weighted by Gasteiger charge is -2.19. The molecule has 150 valence electrons. The molecule has 0 unspecified atom stereocenters. The maximum absolute atomic E-state index is 14.1. The third kappa shape index (κ3) is 5.86. The average Bonchev–Trinajstić information content (AvgIpc) is 2.65. The van der Waals surface area contributed by atoms with Crippen LogP contribution in [0.3, 0.4) is 0 Å². The predicted octanol–water partition coefficient (Wildman–Crippen LogP) is 4.15. The number of nitro groups is 1. The second-order valence-electron chi connectivity index (χ2n) is 5.77. The third-order valence-corrected chi connectivity index (χ3v) is 3.59. The minimum Gasteiger partial charge on any atom is -0.484 e. The standard InChI is InChI=1S/C18H17F3N2O5/c1-22(18(24)28-10-12-5-3-2-4-6-12)9-13-7-14(23(25)26)8-15(19)17(13)27-11-16(20)21/h2-8,16H,9-11H2,1H3. The van der Waals surface area contributed by atoms with E-state index in [1.54, 1.807) is 30.3 Å². The number of carbonyl (C=O) groups is 1. The van der Waals surface area contributed by atoms with Crippen molar-refractivity contribution < 1.29 is 32.4 Å². The number of nitrogens with zero attached hydrogens (tertiary/aromatic N) is 2. The van der Waals surface area contributed by atoms with Crippen molar-refractivity contribution in [3.63, 3.8) is 0 Å². The van der Waals surface area contributed by atoms with Gasteiger partial charge in [-0.05, 0) is 5.56 Å². The molecule has 0 heterocycles. The topological polar surface area (TPSA) is 81.9 Å². The van der Waals surface area contributed by atoms with Gasteiger partial charge in [-0.1, -0.05) is 30.3 Å². The molecule has 0 atom stereocenters. The minimum atomic E-state index is -2.86. The number of halogens is 3. The highest BCUT2D eigenvalue weighted by Crippen LogP contribution is 2.29. The summed E-state index contributed by atoms with van der Waals surface area (Å²) in [6.07, 6.45) is -3.65. The van der Waals surface area contributed by atoms with Gasteiger partial charge in [0.15, 0.2) is 11.6 Å². The molecule has 7 nitrogen and oxygen atoms in total. The van der Waals surface area contributed by atoms with Gasteiger partial charge in [0, 0.05) is 18.7 Å². The van der Waals surface area contributed by atoms with E-state index in [1.807, 2.05) is 0 Å². The molecule has 2 aromatic rings. The highest BCUT2D eigenvalue weighted by molar-refractivity contribution is 5.67. The van der Waals surface area contributed by atoms with E-state index in [2.05, 4.69) is 0 Å². The summed E-state index contributed by atoms with van der Waals surface area (Å²) in [5.74, 6) is -1.75. The summed E-state index contributed by atoms with van der Waals surface area (Å²) in [5, 5.41) is 10.9. The first-order valence-electron chi connectivity index (χ1n) is 8.07. The fourth-order valence-corrected chi connectivity index (χ4v) is 2.31. The molecule has 0 spiro atoms. The Morgan fingerprint density at radius 2 is 1.93 bits per heavy atom. The number of non-ortho nitro benzene ring substituents is 1. The van der Waals surface area contributed by atoms with E-state index >= 15 is 0 Å². The average molecular weight is 398 g/mol. The Morgan fingerprint density at radius 3 is 2.54 bits per heavy atom. The summed E-state index contributed by atoms with van der Waals surface area (Å²) in [5.41, 5.74) is 0.0149. The van der Waals surface area contributed by atoms with Crippen molar-refractivity contribution in [3.05, 3.63) is 69.5 Å². The summed E-state index contributed by atoms with van der Waals surface area (Å²) >= 11 is 0. The summed E-state index contributed by atoms with van der Waals surface area (Å²) in [6, 6.07) is 10.4. The maximum Gasteiger partial charge on any atom is 0.410 e. The van der Waals surface area contributed by atoms with Crippen LogP contribution in [0.25, 0.3) is 0 Å². The molecule has 0 saturated carbocycles. The molecule has 0 aliphatic carbocycles. The van der Waals surface area contributed by atoms with Crippen molar-refractivity contribution in [1.29, 1.82) is 0 Å². The number of hydrogen-bond acceptors (Lipinski definition) is 5. The Kier molecular flexibility index (Phi) is 7.19. The fraction of sp³-hybridized carbons (Fsp3) is 0.278. The molecule has 28 heavy (non-hydrogen) atoms. The van der Waals surface area contributed by atoms with Crippen LogP contribution in [-0.2, 0) is 17.9 Å². The number of amides is 1. The lowest BCUT2D eigenvalue weighted by Crippen LogP contribution is -2.27. The van der Waals surface area contributed by atoms with E-state index in [9.17, 15) is 28.1 Å². The predicted molar refractivity (Wildman–Crippen MR) is 92.6 cm³/mol. The van der Waals surface area contributed by atoms with Gasteiger partial charge in [-0.3, -0.25) is 10.1 Å². The van der Waals surface area contributed by atoms with Crippen molar-refractivity contribution in [3.8, 4) is 5.75 Å². The lowest BCUT2D eigenvalue weighted by molar-refractivity contribution is -0.385. The molecule has 2 rings (SSSR count). The molecule has 0 bridgehead atoms. The Bertz CT molecular complexity index is 833. The molecule has 0 aromatic heterocycles. The normalized spacial score (nSPS) is 10.6. The Morgan fingerprint density at radius 1 is 1.25 bits per heavy atom. The SMILES string of the molecule is CN(Cc1cc([N+](=O)[O-])cc(F)c1OCC(F)F)C(=O)OCc1ccccc1. The second kappa shape index (κ2) is 9.58. The van der Waals surface area contributed by atoms with Crippen molar-refractivity contribution in [2.75, 3.05) is 13.7 Å². The lowest BCUT2D eigenvalue weighted by atomic mass is 10.1. The number of carbonyl (C=O) groups excluding carboxylic acids is 1. The Hall–Kier alpha value is -3.30. The molecule has 0 fully saturated rings. The van der Waals surface area contributed by atoms with Crippen LogP contribution >= 0.6 is 0 Å². The van der Waals surface area contributed by atoms with Gasteiger partial charge in [0.2, 0.25) is 0 Å². The van der Waals surface area contributed by atoms with Gasteiger partial charge in [-0.2, -0.15) is 0 Å². The van der Waals surface area contributed by atoms with E-state index in [0.717, 1.165) is 16.5 Å². The first kappa shape index (κ1) is 21.0. The first-order chi connectivity index (χ1) is 13.3. The molecule has 0 saturated heterocycles. The van der Waals surface area contributed by atoms with Crippen molar-refractivity contribution in [2.24, 2.45) is 0 Å². The molecule has 10 heteroatoms. The van der Waals surface area contributed by atoms with E-state index < -0.39 is 41.3 Å². The van der Waals surface area contributed by atoms with Gasteiger partial charge in [0.05, 0.1) is 17.5 Å². The van der Waals surface area contributed by atoms with Gasteiger partial charge in [-0.25, -0.2) is 18.0 Å². The second-order valence-corrected chi connectivity index (χ2v) is 5.77. The zero-order valence-electron chi connectivity index (χ0n) is 14.8. The van der Waals surface area contributed by atoms with Gasteiger partial charge in [0.25, 0.3) is 12.1 Å². The maximum atomic E-state index is 14.1. The van der Waals surface area contributed by atoms with Crippen LogP contribution in [0.2, 0.25) is 0 Å². The van der Waals surface area contributed by atoms with Crippen LogP contribution in [0.1, 0.15) is 11.1 Å². The molecule has 1 amide bonds. The zero-order chi connectivity index (χ0) is 20.7.